The molecule has 1 saturated heterocycles. The summed E-state index contributed by atoms with van der Waals surface area (Å²) in [7, 11) is 0. The summed E-state index contributed by atoms with van der Waals surface area (Å²) in [6.45, 7) is -0.402. The van der Waals surface area contributed by atoms with Crippen molar-refractivity contribution >= 4 is 70.4 Å². The Labute approximate surface area is 168 Å². The number of hydrogen-bond donors (Lipinski definition) is 3. The number of aliphatic hydroxyl groups excluding tert-OH is 1. The van der Waals surface area contributed by atoms with E-state index in [1.165, 1.54) is 23.1 Å². The minimum absolute atomic E-state index is 0. The summed E-state index contributed by atoms with van der Waals surface area (Å²) in [5, 5.41) is 22.6. The fourth-order valence-corrected chi connectivity index (χ4v) is 4.64. The molecule has 10 heteroatoms. The smallest absolute Gasteiger partial charge is 0.352 e. The van der Waals surface area contributed by atoms with Crippen molar-refractivity contribution in [1.82, 2.24) is 10.2 Å². The monoisotopic (exact) mass is 377 g/mol. The fraction of sp³-hybridized carbons (Fsp3) is 0.357. The molecule has 1 fully saturated rings. The molecule has 2 aliphatic heterocycles. The molecule has 1 radical (unpaired) electrons. The number of β-lactam (4-membered cyclic amide) rings is 1. The Morgan fingerprint density at radius 3 is 2.75 bits per heavy atom. The standard InChI is InChI=1S/C14H14N2O5S2.Na/c17-5-7-6-23-13-10(12(19)16(13)11(7)14(20)21)15-9(18)4-8-2-1-3-22-8;/h1-3,10,13,17H,4-6H2,(H,15,18)(H,20,21);/t10-,13-;/m1./s1. The van der Waals surface area contributed by atoms with Crippen LogP contribution in [0.25, 0.3) is 0 Å². The summed E-state index contributed by atoms with van der Waals surface area (Å²) < 4.78 is 0. The quantitative estimate of drug-likeness (QED) is 0.478. The van der Waals surface area contributed by atoms with E-state index in [4.69, 9.17) is 0 Å². The number of carboxylic acid groups (broad SMARTS) is 1. The number of thioether (sulfide) groups is 1. The Kier molecular flexibility index (Phi) is 6.52. The van der Waals surface area contributed by atoms with Crippen LogP contribution in [0.5, 0.6) is 0 Å². The van der Waals surface area contributed by atoms with Gasteiger partial charge in [-0.15, -0.1) is 23.1 Å². The first-order valence-electron chi connectivity index (χ1n) is 6.85. The average molecular weight is 377 g/mol. The molecule has 3 heterocycles. The molecular weight excluding hydrogens is 363 g/mol. The van der Waals surface area contributed by atoms with E-state index in [0.29, 0.717) is 11.3 Å². The normalized spacial score (nSPS) is 22.4. The van der Waals surface area contributed by atoms with E-state index in [1.807, 2.05) is 17.5 Å². The van der Waals surface area contributed by atoms with Crippen LogP contribution in [-0.2, 0) is 20.8 Å². The zero-order valence-electron chi connectivity index (χ0n) is 12.9. The van der Waals surface area contributed by atoms with Crippen LogP contribution in [0.3, 0.4) is 0 Å². The molecular formula is C14H14N2NaO5S2. The van der Waals surface area contributed by atoms with Gasteiger partial charge in [0.05, 0.1) is 13.0 Å². The topological polar surface area (TPSA) is 107 Å². The first-order chi connectivity index (χ1) is 11.0. The number of rotatable bonds is 5. The molecule has 7 nitrogen and oxygen atoms in total. The number of nitrogens with one attached hydrogen (secondary N) is 1. The molecule has 2 atom stereocenters. The van der Waals surface area contributed by atoms with Gasteiger partial charge in [-0.3, -0.25) is 14.5 Å². The number of carboxylic acids is 1. The third-order valence-corrected chi connectivity index (χ3v) is 5.89. The minimum Gasteiger partial charge on any atom is -0.477 e. The predicted molar refractivity (Wildman–Crippen MR) is 90.5 cm³/mol. The van der Waals surface area contributed by atoms with E-state index in [9.17, 15) is 24.6 Å². The van der Waals surface area contributed by atoms with Gasteiger partial charge in [0.1, 0.15) is 17.1 Å². The summed E-state index contributed by atoms with van der Waals surface area (Å²) in [5.74, 6) is -1.63. The van der Waals surface area contributed by atoms with Gasteiger partial charge >= 0.3 is 5.97 Å². The van der Waals surface area contributed by atoms with Gasteiger partial charge in [0, 0.05) is 40.2 Å². The number of aliphatic carboxylic acids is 1. The zero-order valence-corrected chi connectivity index (χ0v) is 16.5. The van der Waals surface area contributed by atoms with Crippen molar-refractivity contribution in [2.75, 3.05) is 12.4 Å². The van der Waals surface area contributed by atoms with Gasteiger partial charge in [-0.1, -0.05) is 6.07 Å². The second-order valence-electron chi connectivity index (χ2n) is 5.13. The molecule has 3 N–H and O–H groups in total. The Bertz CT molecular complexity index is 691. The van der Waals surface area contributed by atoms with Crippen molar-refractivity contribution in [3.05, 3.63) is 33.7 Å². The van der Waals surface area contributed by atoms with Gasteiger partial charge < -0.3 is 15.5 Å². The number of fused-ring (bicyclic) bond motifs is 1. The molecule has 1 aromatic rings. The Morgan fingerprint density at radius 1 is 1.42 bits per heavy atom. The van der Waals surface area contributed by atoms with E-state index >= 15 is 0 Å². The first kappa shape index (κ1) is 19.5. The molecule has 0 aliphatic carbocycles. The SMILES string of the molecule is O=C(Cc1cccs1)N[C@@H]1C(=O)N2C(C(=O)O)=C(CO)CS[C@H]12.[Na]. The summed E-state index contributed by atoms with van der Waals surface area (Å²) in [4.78, 5) is 37.6. The molecule has 0 bridgehead atoms. The number of aliphatic hydroxyl groups is 1. The zero-order chi connectivity index (χ0) is 16.6. The third-order valence-electron chi connectivity index (χ3n) is 3.67. The van der Waals surface area contributed by atoms with Crippen LogP contribution in [0, 0.1) is 0 Å². The van der Waals surface area contributed by atoms with Crippen molar-refractivity contribution in [1.29, 1.82) is 0 Å². The molecule has 0 aromatic carbocycles. The maximum Gasteiger partial charge on any atom is 0.352 e. The van der Waals surface area contributed by atoms with Gasteiger partial charge in [-0.2, -0.15) is 0 Å². The second kappa shape index (κ2) is 8.03. The van der Waals surface area contributed by atoms with Crippen LogP contribution in [-0.4, -0.2) is 86.2 Å². The van der Waals surface area contributed by atoms with Gasteiger partial charge in [0.25, 0.3) is 5.91 Å². The minimum atomic E-state index is -1.24. The van der Waals surface area contributed by atoms with Crippen molar-refractivity contribution < 1.29 is 24.6 Å². The number of hydrogen-bond acceptors (Lipinski definition) is 6. The maximum absolute atomic E-state index is 12.2. The van der Waals surface area contributed by atoms with E-state index in [2.05, 4.69) is 5.32 Å². The predicted octanol–water partition coefficient (Wildman–Crippen LogP) is -0.359. The first-order valence-corrected chi connectivity index (χ1v) is 8.78. The van der Waals surface area contributed by atoms with Gasteiger partial charge in [-0.25, -0.2) is 4.79 Å². The molecule has 0 saturated carbocycles. The molecule has 3 rings (SSSR count). The summed E-state index contributed by atoms with van der Waals surface area (Å²) in [5.41, 5.74) is 0.153. The number of carbonyl (C=O) groups excluding carboxylic acids is 2. The van der Waals surface area contributed by atoms with Crippen LogP contribution in [0.15, 0.2) is 28.8 Å². The third kappa shape index (κ3) is 3.56. The van der Waals surface area contributed by atoms with Crippen LogP contribution in [0.4, 0.5) is 0 Å². The van der Waals surface area contributed by atoms with E-state index < -0.39 is 29.9 Å². The largest absolute Gasteiger partial charge is 0.477 e. The fourth-order valence-electron chi connectivity index (χ4n) is 2.60. The van der Waals surface area contributed by atoms with Crippen molar-refractivity contribution in [3.8, 4) is 0 Å². The summed E-state index contributed by atoms with van der Waals surface area (Å²) >= 11 is 2.80. The van der Waals surface area contributed by atoms with Crippen LogP contribution in [0.2, 0.25) is 0 Å². The Morgan fingerprint density at radius 2 is 2.17 bits per heavy atom. The van der Waals surface area contributed by atoms with E-state index in [0.717, 1.165) is 9.78 Å². The van der Waals surface area contributed by atoms with Gasteiger partial charge in [0.2, 0.25) is 5.91 Å². The van der Waals surface area contributed by atoms with Crippen LogP contribution < -0.4 is 5.32 Å². The van der Waals surface area contributed by atoms with Crippen molar-refractivity contribution in [2.45, 2.75) is 17.8 Å². The molecule has 2 aliphatic rings. The van der Waals surface area contributed by atoms with E-state index in [1.54, 1.807) is 0 Å². The van der Waals surface area contributed by atoms with Gasteiger partial charge in [-0.05, 0) is 17.0 Å². The van der Waals surface area contributed by atoms with Crippen molar-refractivity contribution in [2.24, 2.45) is 0 Å². The number of nitrogens with zero attached hydrogens (tertiary/aromatic N) is 1. The van der Waals surface area contributed by atoms with Crippen molar-refractivity contribution in [3.63, 3.8) is 0 Å². The molecule has 0 spiro atoms. The van der Waals surface area contributed by atoms with Gasteiger partial charge in [0.15, 0.2) is 0 Å². The number of thiophene rings is 1. The average Bonchev–Trinajstić information content (AvgIpc) is 3.03. The molecule has 24 heavy (non-hydrogen) atoms. The molecule has 0 unspecified atom stereocenters. The Hall–Kier alpha value is -0.840. The number of carbonyl (C=O) groups is 3. The maximum atomic E-state index is 12.2. The second-order valence-corrected chi connectivity index (χ2v) is 7.26. The van der Waals surface area contributed by atoms with Crippen LogP contribution in [0.1, 0.15) is 4.88 Å². The summed E-state index contributed by atoms with van der Waals surface area (Å²) in [6, 6.07) is 2.97. The summed E-state index contributed by atoms with van der Waals surface area (Å²) in [6.07, 6.45) is 0.197. The molecule has 123 valence electrons. The molecule has 2 amide bonds. The number of amides is 2. The van der Waals surface area contributed by atoms with E-state index in [-0.39, 0.29) is 47.6 Å². The molecule has 1 aromatic heterocycles. The Balaban J connectivity index is 0.00000208. The van der Waals surface area contributed by atoms with Crippen LogP contribution >= 0.6 is 23.1 Å².